The SMILES string of the molecule is CCCCCCCCCC(=O)N(CC(=O)N(Cc1ccc(F)cc1)Cc1coc2ccccc2c1=O)CC1CCCO1. The maximum Gasteiger partial charge on any atom is 0.242 e. The van der Waals surface area contributed by atoms with Gasteiger partial charge in [-0.3, -0.25) is 14.4 Å². The Labute approximate surface area is 247 Å². The Kier molecular flexibility index (Phi) is 12.1. The minimum absolute atomic E-state index is 0.00307. The van der Waals surface area contributed by atoms with Crippen molar-refractivity contribution in [3.05, 3.63) is 82.0 Å². The summed E-state index contributed by atoms with van der Waals surface area (Å²) in [6, 6.07) is 12.9. The third-order valence-corrected chi connectivity index (χ3v) is 7.87. The van der Waals surface area contributed by atoms with E-state index in [0.717, 1.165) is 37.7 Å². The molecule has 226 valence electrons. The van der Waals surface area contributed by atoms with E-state index < -0.39 is 0 Å². The van der Waals surface area contributed by atoms with Crippen LogP contribution in [0.5, 0.6) is 0 Å². The van der Waals surface area contributed by atoms with Gasteiger partial charge in [0.15, 0.2) is 5.43 Å². The average Bonchev–Trinajstić information content (AvgIpc) is 3.51. The van der Waals surface area contributed by atoms with E-state index in [4.69, 9.17) is 9.15 Å². The number of ether oxygens (including phenoxy) is 1. The predicted octanol–water partition coefficient (Wildman–Crippen LogP) is 6.61. The van der Waals surface area contributed by atoms with Crippen molar-refractivity contribution in [2.75, 3.05) is 19.7 Å². The number of hydrogen-bond donors (Lipinski definition) is 0. The van der Waals surface area contributed by atoms with Crippen LogP contribution in [-0.4, -0.2) is 47.4 Å². The number of rotatable bonds is 16. The van der Waals surface area contributed by atoms with Crippen LogP contribution in [0.4, 0.5) is 4.39 Å². The summed E-state index contributed by atoms with van der Waals surface area (Å²) < 4.78 is 25.1. The summed E-state index contributed by atoms with van der Waals surface area (Å²) in [6.07, 6.45) is 11.2. The van der Waals surface area contributed by atoms with Gasteiger partial charge in [-0.05, 0) is 49.1 Å². The second-order valence-electron chi connectivity index (χ2n) is 11.2. The fourth-order valence-electron chi connectivity index (χ4n) is 5.42. The molecular formula is C34H43FN2O5. The standard InChI is InChI=1S/C34H43FN2O5/c1-2-3-4-5-6-7-8-15-32(38)37(23-29-12-11-20-41-29)24-33(39)36(21-26-16-18-28(35)19-17-26)22-27-25-42-31-14-10-9-13-30(31)34(27)40/h9-10,13-14,16-19,25,29H,2-8,11-12,15,20-24H2,1H3. The third kappa shape index (κ3) is 9.24. The van der Waals surface area contributed by atoms with Crippen molar-refractivity contribution in [3.63, 3.8) is 0 Å². The first-order valence-corrected chi connectivity index (χ1v) is 15.4. The fraction of sp³-hybridized carbons (Fsp3) is 0.500. The van der Waals surface area contributed by atoms with Crippen LogP contribution in [0.15, 0.2) is 64.0 Å². The highest BCUT2D eigenvalue weighted by Gasteiger charge is 2.27. The normalized spacial score (nSPS) is 14.8. The summed E-state index contributed by atoms with van der Waals surface area (Å²) in [6.45, 7) is 3.26. The number of fused-ring (bicyclic) bond motifs is 1. The number of amides is 2. The summed E-state index contributed by atoms with van der Waals surface area (Å²) in [5.41, 5.74) is 1.32. The molecule has 1 fully saturated rings. The van der Waals surface area contributed by atoms with Gasteiger partial charge in [0, 0.05) is 26.1 Å². The lowest BCUT2D eigenvalue weighted by Gasteiger charge is -2.29. The van der Waals surface area contributed by atoms with Crippen molar-refractivity contribution >= 4 is 22.8 Å². The zero-order chi connectivity index (χ0) is 29.7. The lowest BCUT2D eigenvalue weighted by molar-refractivity contribution is -0.142. The maximum atomic E-state index is 13.8. The Morgan fingerprint density at radius 2 is 1.64 bits per heavy atom. The van der Waals surface area contributed by atoms with Gasteiger partial charge in [-0.2, -0.15) is 0 Å². The number of para-hydroxylation sites is 1. The van der Waals surface area contributed by atoms with E-state index >= 15 is 0 Å². The van der Waals surface area contributed by atoms with Crippen molar-refractivity contribution in [1.29, 1.82) is 0 Å². The largest absolute Gasteiger partial charge is 0.464 e. The lowest BCUT2D eigenvalue weighted by Crippen LogP contribution is -2.45. The smallest absolute Gasteiger partial charge is 0.242 e. The second-order valence-corrected chi connectivity index (χ2v) is 11.2. The van der Waals surface area contributed by atoms with Crippen LogP contribution in [0.2, 0.25) is 0 Å². The molecule has 1 atom stereocenters. The molecule has 0 aliphatic carbocycles. The lowest BCUT2D eigenvalue weighted by atomic mass is 10.1. The molecule has 1 saturated heterocycles. The first-order chi connectivity index (χ1) is 20.4. The van der Waals surface area contributed by atoms with E-state index in [-0.39, 0.29) is 48.8 Å². The van der Waals surface area contributed by atoms with Crippen LogP contribution < -0.4 is 5.43 Å². The van der Waals surface area contributed by atoms with Gasteiger partial charge in [0.2, 0.25) is 11.8 Å². The Morgan fingerprint density at radius 3 is 2.38 bits per heavy atom. The van der Waals surface area contributed by atoms with Crippen molar-refractivity contribution in [2.45, 2.75) is 90.3 Å². The van der Waals surface area contributed by atoms with Crippen LogP contribution in [-0.2, 0) is 27.4 Å². The zero-order valence-electron chi connectivity index (χ0n) is 24.7. The summed E-state index contributed by atoms with van der Waals surface area (Å²) >= 11 is 0. The second kappa shape index (κ2) is 16.2. The van der Waals surface area contributed by atoms with Gasteiger partial charge < -0.3 is 19.0 Å². The molecule has 2 aromatic carbocycles. The zero-order valence-corrected chi connectivity index (χ0v) is 24.7. The van der Waals surface area contributed by atoms with Crippen LogP contribution in [0.25, 0.3) is 11.0 Å². The predicted molar refractivity (Wildman–Crippen MR) is 161 cm³/mol. The van der Waals surface area contributed by atoms with Gasteiger partial charge in [-0.15, -0.1) is 0 Å². The maximum absolute atomic E-state index is 13.8. The van der Waals surface area contributed by atoms with Crippen LogP contribution >= 0.6 is 0 Å². The molecule has 8 heteroatoms. The van der Waals surface area contributed by atoms with Crippen LogP contribution in [0.1, 0.15) is 82.3 Å². The van der Waals surface area contributed by atoms with Crippen LogP contribution in [0, 0.1) is 5.82 Å². The van der Waals surface area contributed by atoms with Gasteiger partial charge in [0.25, 0.3) is 0 Å². The van der Waals surface area contributed by atoms with E-state index in [1.165, 1.54) is 49.0 Å². The molecule has 1 aromatic heterocycles. The molecule has 1 unspecified atom stereocenters. The Morgan fingerprint density at radius 1 is 0.905 bits per heavy atom. The summed E-state index contributed by atoms with van der Waals surface area (Å²) in [5, 5.41) is 0.439. The highest BCUT2D eigenvalue weighted by atomic mass is 19.1. The molecule has 2 amide bonds. The number of hydrogen-bond acceptors (Lipinski definition) is 5. The van der Waals surface area contributed by atoms with E-state index in [9.17, 15) is 18.8 Å². The van der Waals surface area contributed by atoms with Gasteiger partial charge in [0.1, 0.15) is 11.4 Å². The monoisotopic (exact) mass is 578 g/mol. The van der Waals surface area contributed by atoms with Gasteiger partial charge in [-0.1, -0.05) is 69.7 Å². The van der Waals surface area contributed by atoms with E-state index in [1.807, 2.05) is 0 Å². The molecule has 0 spiro atoms. The molecule has 0 N–H and O–H groups in total. The molecule has 1 aliphatic rings. The van der Waals surface area contributed by atoms with Crippen LogP contribution in [0.3, 0.4) is 0 Å². The number of halogens is 1. The molecule has 0 bridgehead atoms. The molecule has 1 aliphatic heterocycles. The average molecular weight is 579 g/mol. The Hall–Kier alpha value is -3.52. The van der Waals surface area contributed by atoms with E-state index in [0.29, 0.717) is 36.1 Å². The van der Waals surface area contributed by atoms with Crippen molar-refractivity contribution in [2.24, 2.45) is 0 Å². The number of unbranched alkanes of at least 4 members (excludes halogenated alkanes) is 6. The van der Waals surface area contributed by atoms with E-state index in [1.54, 1.807) is 41.3 Å². The fourth-order valence-corrected chi connectivity index (χ4v) is 5.42. The molecule has 7 nitrogen and oxygen atoms in total. The van der Waals surface area contributed by atoms with Crippen molar-refractivity contribution in [1.82, 2.24) is 9.80 Å². The summed E-state index contributed by atoms with van der Waals surface area (Å²) in [7, 11) is 0. The minimum atomic E-state index is -0.370. The number of carbonyl (C=O) groups is 2. The quantitative estimate of drug-likeness (QED) is 0.179. The number of carbonyl (C=O) groups excluding carboxylic acids is 2. The third-order valence-electron chi connectivity index (χ3n) is 7.87. The molecule has 2 heterocycles. The van der Waals surface area contributed by atoms with Gasteiger partial charge in [-0.25, -0.2) is 4.39 Å². The summed E-state index contributed by atoms with van der Waals surface area (Å²) in [4.78, 5) is 43.6. The van der Waals surface area contributed by atoms with Crippen molar-refractivity contribution in [3.8, 4) is 0 Å². The Bertz CT molecular complexity index is 1350. The first-order valence-electron chi connectivity index (χ1n) is 15.4. The van der Waals surface area contributed by atoms with Crippen molar-refractivity contribution < 1.29 is 23.1 Å². The molecule has 0 radical (unpaired) electrons. The number of nitrogens with zero attached hydrogens (tertiary/aromatic N) is 2. The highest BCUT2D eigenvalue weighted by molar-refractivity contribution is 5.85. The van der Waals surface area contributed by atoms with Gasteiger partial charge in [0.05, 0.1) is 36.4 Å². The van der Waals surface area contributed by atoms with Gasteiger partial charge >= 0.3 is 0 Å². The van der Waals surface area contributed by atoms with E-state index in [2.05, 4.69) is 6.92 Å². The molecular weight excluding hydrogens is 535 g/mol. The highest BCUT2D eigenvalue weighted by Crippen LogP contribution is 2.18. The summed E-state index contributed by atoms with van der Waals surface area (Å²) in [5.74, 6) is -0.720. The molecule has 42 heavy (non-hydrogen) atoms. The minimum Gasteiger partial charge on any atom is -0.464 e. The first kappa shape index (κ1) is 31.4. The topological polar surface area (TPSA) is 80.1 Å². The molecule has 0 saturated carbocycles. The Balaban J connectivity index is 1.49. The number of benzene rings is 2. The molecule has 4 rings (SSSR count). The molecule has 3 aromatic rings.